The summed E-state index contributed by atoms with van der Waals surface area (Å²) in [5.41, 5.74) is -1.02. The molecule has 94 valence electrons. The largest absolute Gasteiger partial charge is 0.481 e. The van der Waals surface area contributed by atoms with Gasteiger partial charge in [-0.15, -0.1) is 11.8 Å². The van der Waals surface area contributed by atoms with Crippen LogP contribution in [0.1, 0.15) is 18.1 Å². The standard InChI is InChI=1S/C11H11F3O2S/c1-2-17-9-5-3-4-8(11(12,13)14)7(9)6-10(15)16/h3-5H,2,6H2,1H3,(H,15,16). The van der Waals surface area contributed by atoms with E-state index in [1.165, 1.54) is 23.9 Å². The lowest BCUT2D eigenvalue weighted by Gasteiger charge is -2.14. The molecule has 1 N–H and O–H groups in total. The molecule has 0 heterocycles. The van der Waals surface area contributed by atoms with E-state index in [0.717, 1.165) is 6.07 Å². The molecule has 0 aliphatic heterocycles. The van der Waals surface area contributed by atoms with Crippen molar-refractivity contribution in [3.63, 3.8) is 0 Å². The van der Waals surface area contributed by atoms with Crippen LogP contribution in [0.4, 0.5) is 13.2 Å². The molecular formula is C11H11F3O2S. The molecule has 6 heteroatoms. The minimum atomic E-state index is -4.52. The number of carboxylic acids is 1. The van der Waals surface area contributed by atoms with E-state index in [-0.39, 0.29) is 5.56 Å². The first kappa shape index (κ1) is 13.9. The highest BCUT2D eigenvalue weighted by Crippen LogP contribution is 2.36. The van der Waals surface area contributed by atoms with E-state index < -0.39 is 24.1 Å². The molecule has 0 aliphatic rings. The number of carboxylic acid groups (broad SMARTS) is 1. The molecule has 0 spiro atoms. The number of thioether (sulfide) groups is 1. The van der Waals surface area contributed by atoms with Crippen molar-refractivity contribution >= 4 is 17.7 Å². The van der Waals surface area contributed by atoms with Gasteiger partial charge in [0.2, 0.25) is 0 Å². The Bertz CT molecular complexity index is 416. The first-order chi connectivity index (χ1) is 7.86. The van der Waals surface area contributed by atoms with Gasteiger partial charge in [0.25, 0.3) is 0 Å². The van der Waals surface area contributed by atoms with Gasteiger partial charge in [0, 0.05) is 4.90 Å². The monoisotopic (exact) mass is 264 g/mol. The number of aliphatic carboxylic acids is 1. The highest BCUT2D eigenvalue weighted by molar-refractivity contribution is 7.99. The maximum atomic E-state index is 12.7. The Kier molecular flexibility index (Phi) is 4.45. The highest BCUT2D eigenvalue weighted by Gasteiger charge is 2.34. The zero-order chi connectivity index (χ0) is 13.1. The smallest absolute Gasteiger partial charge is 0.416 e. The maximum Gasteiger partial charge on any atom is 0.416 e. The van der Waals surface area contributed by atoms with Gasteiger partial charge >= 0.3 is 12.1 Å². The van der Waals surface area contributed by atoms with E-state index in [1.807, 2.05) is 0 Å². The number of alkyl halides is 3. The Labute approximate surface area is 101 Å². The molecule has 0 radical (unpaired) electrons. The van der Waals surface area contributed by atoms with Crippen molar-refractivity contribution in [3.05, 3.63) is 29.3 Å². The first-order valence-corrected chi connectivity index (χ1v) is 5.88. The second kappa shape index (κ2) is 5.44. The summed E-state index contributed by atoms with van der Waals surface area (Å²) in [6, 6.07) is 3.73. The summed E-state index contributed by atoms with van der Waals surface area (Å²) in [5, 5.41) is 8.67. The van der Waals surface area contributed by atoms with Crippen LogP contribution < -0.4 is 0 Å². The molecule has 1 aromatic rings. The number of benzene rings is 1. The molecule has 0 amide bonds. The molecule has 0 aromatic heterocycles. The van der Waals surface area contributed by atoms with Crippen LogP contribution in [0.5, 0.6) is 0 Å². The van der Waals surface area contributed by atoms with Crippen LogP contribution in [0.2, 0.25) is 0 Å². The summed E-state index contributed by atoms with van der Waals surface area (Å²) in [6.45, 7) is 1.80. The van der Waals surface area contributed by atoms with Crippen LogP contribution >= 0.6 is 11.8 Å². The van der Waals surface area contributed by atoms with Gasteiger partial charge in [0.15, 0.2) is 0 Å². The molecule has 0 saturated heterocycles. The lowest BCUT2D eigenvalue weighted by Crippen LogP contribution is -2.13. The normalized spacial score (nSPS) is 11.5. The predicted molar refractivity (Wildman–Crippen MR) is 59.2 cm³/mol. The fourth-order valence-electron chi connectivity index (χ4n) is 1.46. The highest BCUT2D eigenvalue weighted by atomic mass is 32.2. The molecule has 2 nitrogen and oxygen atoms in total. The van der Waals surface area contributed by atoms with Crippen LogP contribution in [-0.2, 0) is 17.4 Å². The van der Waals surface area contributed by atoms with Crippen LogP contribution in [0, 0.1) is 0 Å². The molecule has 1 rings (SSSR count). The molecule has 0 aliphatic carbocycles. The van der Waals surface area contributed by atoms with Crippen molar-refractivity contribution in [3.8, 4) is 0 Å². The summed E-state index contributed by atoms with van der Waals surface area (Å²) < 4.78 is 38.2. The topological polar surface area (TPSA) is 37.3 Å². The van der Waals surface area contributed by atoms with Gasteiger partial charge in [-0.3, -0.25) is 4.79 Å². The second-order valence-corrected chi connectivity index (χ2v) is 4.59. The van der Waals surface area contributed by atoms with Crippen molar-refractivity contribution in [2.75, 3.05) is 5.75 Å². The molecule has 0 bridgehead atoms. The van der Waals surface area contributed by atoms with Crippen LogP contribution in [0.15, 0.2) is 23.1 Å². The maximum absolute atomic E-state index is 12.7. The molecule has 17 heavy (non-hydrogen) atoms. The second-order valence-electron chi connectivity index (χ2n) is 3.28. The Balaban J connectivity index is 3.28. The number of carbonyl (C=O) groups is 1. The minimum absolute atomic E-state index is 0.153. The predicted octanol–water partition coefficient (Wildman–Crippen LogP) is 3.44. The zero-order valence-electron chi connectivity index (χ0n) is 9.04. The molecule has 0 fully saturated rings. The summed E-state index contributed by atoms with van der Waals surface area (Å²) in [7, 11) is 0. The minimum Gasteiger partial charge on any atom is -0.481 e. The molecule has 0 saturated carbocycles. The van der Waals surface area contributed by atoms with E-state index in [2.05, 4.69) is 0 Å². The van der Waals surface area contributed by atoms with Gasteiger partial charge in [-0.05, 0) is 23.4 Å². The number of halogens is 3. The Morgan fingerprint density at radius 2 is 2.06 bits per heavy atom. The summed E-state index contributed by atoms with van der Waals surface area (Å²) >= 11 is 1.21. The zero-order valence-corrected chi connectivity index (χ0v) is 9.86. The SMILES string of the molecule is CCSc1cccc(C(F)(F)F)c1CC(=O)O. The third-order valence-electron chi connectivity index (χ3n) is 2.07. The van der Waals surface area contributed by atoms with Crippen molar-refractivity contribution in [1.82, 2.24) is 0 Å². The third kappa shape index (κ3) is 3.66. The van der Waals surface area contributed by atoms with Gasteiger partial charge in [-0.2, -0.15) is 13.2 Å². The Morgan fingerprint density at radius 3 is 2.53 bits per heavy atom. The third-order valence-corrected chi connectivity index (χ3v) is 3.05. The fraction of sp³-hybridized carbons (Fsp3) is 0.364. The first-order valence-electron chi connectivity index (χ1n) is 4.90. The number of hydrogen-bond acceptors (Lipinski definition) is 2. The van der Waals surface area contributed by atoms with Gasteiger partial charge in [0.1, 0.15) is 0 Å². The van der Waals surface area contributed by atoms with Crippen molar-refractivity contribution in [2.45, 2.75) is 24.4 Å². The van der Waals surface area contributed by atoms with Crippen LogP contribution in [0.3, 0.4) is 0 Å². The quantitative estimate of drug-likeness (QED) is 0.846. The lowest BCUT2D eigenvalue weighted by atomic mass is 10.0. The summed E-state index contributed by atoms with van der Waals surface area (Å²) in [4.78, 5) is 11.0. The number of rotatable bonds is 4. The number of hydrogen-bond donors (Lipinski definition) is 1. The molecule has 1 aromatic carbocycles. The van der Waals surface area contributed by atoms with Crippen LogP contribution in [0.25, 0.3) is 0 Å². The van der Waals surface area contributed by atoms with E-state index in [0.29, 0.717) is 10.6 Å². The lowest BCUT2D eigenvalue weighted by molar-refractivity contribution is -0.139. The molecule has 0 atom stereocenters. The average Bonchev–Trinajstić information content (AvgIpc) is 2.18. The van der Waals surface area contributed by atoms with E-state index in [4.69, 9.17) is 5.11 Å². The Morgan fingerprint density at radius 1 is 1.41 bits per heavy atom. The average molecular weight is 264 g/mol. The molecular weight excluding hydrogens is 253 g/mol. The Hall–Kier alpha value is -1.17. The van der Waals surface area contributed by atoms with Gasteiger partial charge < -0.3 is 5.11 Å². The molecule has 0 unspecified atom stereocenters. The van der Waals surface area contributed by atoms with Gasteiger partial charge in [-0.25, -0.2) is 0 Å². The van der Waals surface area contributed by atoms with Gasteiger partial charge in [0.05, 0.1) is 12.0 Å². The van der Waals surface area contributed by atoms with E-state index in [1.54, 1.807) is 6.92 Å². The summed E-state index contributed by atoms with van der Waals surface area (Å²) in [5.74, 6) is -0.673. The fourth-order valence-corrected chi connectivity index (χ4v) is 2.30. The van der Waals surface area contributed by atoms with E-state index in [9.17, 15) is 18.0 Å². The van der Waals surface area contributed by atoms with Gasteiger partial charge in [-0.1, -0.05) is 13.0 Å². The summed E-state index contributed by atoms with van der Waals surface area (Å²) in [6.07, 6.45) is -5.13. The van der Waals surface area contributed by atoms with E-state index >= 15 is 0 Å². The van der Waals surface area contributed by atoms with Crippen molar-refractivity contribution in [2.24, 2.45) is 0 Å². The van der Waals surface area contributed by atoms with Crippen molar-refractivity contribution in [1.29, 1.82) is 0 Å². The van der Waals surface area contributed by atoms with Crippen molar-refractivity contribution < 1.29 is 23.1 Å². The van der Waals surface area contributed by atoms with Crippen LogP contribution in [-0.4, -0.2) is 16.8 Å².